The Morgan fingerprint density at radius 2 is 1.83 bits per heavy atom. The molecule has 0 amide bonds. The number of nitrogens with one attached hydrogen (secondary N) is 1. The molecule has 0 aromatic rings. The maximum absolute atomic E-state index is 5.93. The van der Waals surface area contributed by atoms with Gasteiger partial charge in [-0.3, -0.25) is 4.90 Å². The van der Waals surface area contributed by atoms with Crippen molar-refractivity contribution < 1.29 is 9.47 Å². The van der Waals surface area contributed by atoms with Gasteiger partial charge in [-0.25, -0.2) is 0 Å². The van der Waals surface area contributed by atoms with Crippen molar-refractivity contribution in [2.45, 2.75) is 51.4 Å². The van der Waals surface area contributed by atoms with Crippen LogP contribution in [0.4, 0.5) is 0 Å². The van der Waals surface area contributed by atoms with E-state index in [1.807, 2.05) is 0 Å². The molecule has 2 rings (SSSR count). The molecule has 18 heavy (non-hydrogen) atoms. The van der Waals surface area contributed by atoms with Crippen molar-refractivity contribution in [2.75, 3.05) is 39.3 Å². The minimum absolute atomic E-state index is 0.374. The molecular formula is C14H28N2O2. The van der Waals surface area contributed by atoms with Crippen LogP contribution in [0.5, 0.6) is 0 Å². The molecule has 0 saturated carbocycles. The highest BCUT2D eigenvalue weighted by atomic mass is 16.5. The molecular weight excluding hydrogens is 228 g/mol. The Bertz CT molecular complexity index is 222. The molecule has 2 heterocycles. The molecule has 4 nitrogen and oxygen atoms in total. The van der Waals surface area contributed by atoms with Crippen molar-refractivity contribution in [1.82, 2.24) is 10.2 Å². The summed E-state index contributed by atoms with van der Waals surface area (Å²) in [5.41, 5.74) is 0. The first-order valence-corrected chi connectivity index (χ1v) is 7.44. The first kappa shape index (κ1) is 14.3. The molecule has 0 spiro atoms. The predicted octanol–water partition coefficient (Wildman–Crippen LogP) is 1.25. The molecule has 0 aromatic heterocycles. The number of hydrogen-bond acceptors (Lipinski definition) is 4. The topological polar surface area (TPSA) is 33.7 Å². The monoisotopic (exact) mass is 256 g/mol. The van der Waals surface area contributed by atoms with Gasteiger partial charge in [-0.2, -0.15) is 0 Å². The van der Waals surface area contributed by atoms with E-state index in [9.17, 15) is 0 Å². The zero-order valence-corrected chi connectivity index (χ0v) is 11.9. The highest BCUT2D eigenvalue weighted by molar-refractivity contribution is 4.73. The van der Waals surface area contributed by atoms with E-state index >= 15 is 0 Å². The van der Waals surface area contributed by atoms with E-state index in [1.165, 1.54) is 12.8 Å². The van der Waals surface area contributed by atoms with Crippen molar-refractivity contribution in [1.29, 1.82) is 0 Å². The number of hydrogen-bond donors (Lipinski definition) is 1. The fraction of sp³-hybridized carbons (Fsp3) is 1.00. The van der Waals surface area contributed by atoms with Crippen LogP contribution in [0.3, 0.4) is 0 Å². The summed E-state index contributed by atoms with van der Waals surface area (Å²) in [6.07, 6.45) is 4.73. The zero-order chi connectivity index (χ0) is 12.8. The van der Waals surface area contributed by atoms with Crippen LogP contribution in [0.15, 0.2) is 0 Å². The third kappa shape index (κ3) is 4.84. The normalized spacial score (nSPS) is 31.7. The fourth-order valence-electron chi connectivity index (χ4n) is 2.97. The second-order valence-electron chi connectivity index (χ2n) is 5.69. The van der Waals surface area contributed by atoms with E-state index in [4.69, 9.17) is 9.47 Å². The quantitative estimate of drug-likeness (QED) is 0.751. The van der Waals surface area contributed by atoms with E-state index in [2.05, 4.69) is 24.1 Å². The van der Waals surface area contributed by atoms with Gasteiger partial charge < -0.3 is 14.8 Å². The van der Waals surface area contributed by atoms with Crippen LogP contribution < -0.4 is 5.32 Å². The van der Waals surface area contributed by atoms with E-state index < -0.39 is 0 Å². The summed E-state index contributed by atoms with van der Waals surface area (Å²) in [5, 5.41) is 3.36. The number of morpholine rings is 1. The summed E-state index contributed by atoms with van der Waals surface area (Å²) in [6, 6.07) is 0. The third-order valence-electron chi connectivity index (χ3n) is 3.75. The van der Waals surface area contributed by atoms with Crippen LogP contribution in [-0.4, -0.2) is 62.5 Å². The predicted molar refractivity (Wildman–Crippen MR) is 72.9 cm³/mol. The average Bonchev–Trinajstić information content (AvgIpc) is 2.35. The number of piperidine rings is 1. The Labute approximate surface area is 111 Å². The lowest BCUT2D eigenvalue weighted by molar-refractivity contribution is -0.0704. The molecule has 2 fully saturated rings. The third-order valence-corrected chi connectivity index (χ3v) is 3.75. The number of ether oxygens (including phenoxy) is 2. The van der Waals surface area contributed by atoms with Crippen LogP contribution >= 0.6 is 0 Å². The van der Waals surface area contributed by atoms with Crippen molar-refractivity contribution in [2.24, 2.45) is 0 Å². The molecule has 2 unspecified atom stereocenters. The second kappa shape index (κ2) is 7.43. The Morgan fingerprint density at radius 1 is 1.17 bits per heavy atom. The summed E-state index contributed by atoms with van der Waals surface area (Å²) in [6.45, 7) is 10.7. The standard InChI is InChI=1S/C14H28N2O2/c1-12-10-16(11-13(2)18-12)8-3-9-17-14-4-6-15-7-5-14/h12-15H,3-11H2,1-2H3. The molecule has 2 aliphatic rings. The Balaban J connectivity index is 1.54. The smallest absolute Gasteiger partial charge is 0.0678 e. The average molecular weight is 256 g/mol. The molecule has 2 aliphatic heterocycles. The van der Waals surface area contributed by atoms with Crippen molar-refractivity contribution in [3.63, 3.8) is 0 Å². The van der Waals surface area contributed by atoms with Crippen LogP contribution in [0, 0.1) is 0 Å². The van der Waals surface area contributed by atoms with Gasteiger partial charge in [0.25, 0.3) is 0 Å². The summed E-state index contributed by atoms with van der Waals surface area (Å²) >= 11 is 0. The minimum atomic E-state index is 0.374. The maximum atomic E-state index is 5.93. The SMILES string of the molecule is CC1CN(CCCOC2CCNCC2)CC(C)O1. The van der Waals surface area contributed by atoms with Gasteiger partial charge in [0.05, 0.1) is 18.3 Å². The van der Waals surface area contributed by atoms with Crippen LogP contribution in [-0.2, 0) is 9.47 Å². The van der Waals surface area contributed by atoms with Crippen LogP contribution in [0.1, 0.15) is 33.1 Å². The van der Waals surface area contributed by atoms with E-state index in [1.54, 1.807) is 0 Å². The molecule has 106 valence electrons. The van der Waals surface area contributed by atoms with Gasteiger partial charge in [0.2, 0.25) is 0 Å². The molecule has 0 aliphatic carbocycles. The Hall–Kier alpha value is -0.160. The molecule has 1 N–H and O–H groups in total. The Kier molecular flexibility index (Phi) is 5.89. The molecule has 0 bridgehead atoms. The summed E-state index contributed by atoms with van der Waals surface area (Å²) < 4.78 is 11.7. The Morgan fingerprint density at radius 3 is 2.50 bits per heavy atom. The van der Waals surface area contributed by atoms with E-state index in [-0.39, 0.29) is 0 Å². The summed E-state index contributed by atoms with van der Waals surface area (Å²) in [7, 11) is 0. The molecule has 2 atom stereocenters. The molecule has 2 saturated heterocycles. The van der Waals surface area contributed by atoms with Gasteiger partial charge in [-0.05, 0) is 46.2 Å². The highest BCUT2D eigenvalue weighted by Gasteiger charge is 2.21. The van der Waals surface area contributed by atoms with Crippen molar-refractivity contribution in [3.8, 4) is 0 Å². The van der Waals surface area contributed by atoms with E-state index in [0.717, 1.165) is 45.8 Å². The largest absolute Gasteiger partial charge is 0.378 e. The van der Waals surface area contributed by atoms with Crippen LogP contribution in [0.25, 0.3) is 0 Å². The molecule has 0 aromatic carbocycles. The van der Waals surface area contributed by atoms with Gasteiger partial charge in [-0.15, -0.1) is 0 Å². The van der Waals surface area contributed by atoms with Gasteiger partial charge in [0.1, 0.15) is 0 Å². The summed E-state index contributed by atoms with van der Waals surface area (Å²) in [5.74, 6) is 0. The number of nitrogens with zero attached hydrogens (tertiary/aromatic N) is 1. The van der Waals surface area contributed by atoms with Crippen LogP contribution in [0.2, 0.25) is 0 Å². The van der Waals surface area contributed by atoms with Gasteiger partial charge in [0, 0.05) is 26.2 Å². The minimum Gasteiger partial charge on any atom is -0.378 e. The lowest BCUT2D eigenvalue weighted by Crippen LogP contribution is -2.45. The maximum Gasteiger partial charge on any atom is 0.0678 e. The molecule has 0 radical (unpaired) electrons. The lowest BCUT2D eigenvalue weighted by Gasteiger charge is -2.35. The number of rotatable bonds is 5. The van der Waals surface area contributed by atoms with Gasteiger partial charge >= 0.3 is 0 Å². The van der Waals surface area contributed by atoms with E-state index in [0.29, 0.717) is 18.3 Å². The first-order chi connectivity index (χ1) is 8.74. The van der Waals surface area contributed by atoms with Gasteiger partial charge in [-0.1, -0.05) is 0 Å². The van der Waals surface area contributed by atoms with Crippen molar-refractivity contribution >= 4 is 0 Å². The lowest BCUT2D eigenvalue weighted by atomic mass is 10.1. The van der Waals surface area contributed by atoms with Crippen molar-refractivity contribution in [3.05, 3.63) is 0 Å². The zero-order valence-electron chi connectivity index (χ0n) is 11.9. The highest BCUT2D eigenvalue weighted by Crippen LogP contribution is 2.11. The summed E-state index contributed by atoms with van der Waals surface area (Å²) in [4.78, 5) is 2.50. The second-order valence-corrected chi connectivity index (χ2v) is 5.69. The molecule has 4 heteroatoms. The van der Waals surface area contributed by atoms with Gasteiger partial charge in [0.15, 0.2) is 0 Å². The fourth-order valence-corrected chi connectivity index (χ4v) is 2.97. The first-order valence-electron chi connectivity index (χ1n) is 7.44.